The molecular formula is C24H22N4O4. The summed E-state index contributed by atoms with van der Waals surface area (Å²) in [5.74, 6) is -0.798. The first kappa shape index (κ1) is 20.9. The molecule has 8 nitrogen and oxygen atoms in total. The van der Waals surface area contributed by atoms with Crippen molar-refractivity contribution in [2.24, 2.45) is 5.73 Å². The fraction of sp³-hybridized carbons (Fsp3) is 0.125. The summed E-state index contributed by atoms with van der Waals surface area (Å²) in [4.78, 5) is 39.0. The van der Waals surface area contributed by atoms with Gasteiger partial charge < -0.3 is 26.0 Å². The standard InChI is InChI=1S/C24H22N4O4/c25-23(30)21-14-28(19-12-6-7-13-20(19)32-21)15-22(29)27-18-11-5-4-10-17(18)24(31)26-16-8-2-1-3-9-16/h1-13,21H,14-15H2,(H2,25,30)(H,26,31)(H,27,29)/t21-/m0/s1. The molecule has 32 heavy (non-hydrogen) atoms. The second-order valence-corrected chi connectivity index (χ2v) is 7.27. The number of primary amides is 1. The van der Waals surface area contributed by atoms with Gasteiger partial charge >= 0.3 is 0 Å². The van der Waals surface area contributed by atoms with Gasteiger partial charge in [-0.1, -0.05) is 42.5 Å². The van der Waals surface area contributed by atoms with Crippen LogP contribution in [0.4, 0.5) is 17.1 Å². The van der Waals surface area contributed by atoms with Crippen LogP contribution in [0.3, 0.4) is 0 Å². The molecule has 8 heteroatoms. The number of fused-ring (bicyclic) bond motifs is 1. The maximum Gasteiger partial charge on any atom is 0.260 e. The number of hydrogen-bond donors (Lipinski definition) is 3. The van der Waals surface area contributed by atoms with Gasteiger partial charge in [0.25, 0.3) is 11.8 Å². The van der Waals surface area contributed by atoms with Gasteiger partial charge in [0.2, 0.25) is 5.91 Å². The molecular weight excluding hydrogens is 408 g/mol. The highest BCUT2D eigenvalue weighted by molar-refractivity contribution is 6.10. The molecule has 3 amide bonds. The molecule has 0 saturated carbocycles. The number of nitrogens with zero attached hydrogens (tertiary/aromatic N) is 1. The van der Waals surface area contributed by atoms with Crippen LogP contribution < -0.4 is 26.0 Å². The first-order chi connectivity index (χ1) is 15.5. The number of carbonyl (C=O) groups excluding carboxylic acids is 3. The quantitative estimate of drug-likeness (QED) is 0.556. The molecule has 0 radical (unpaired) electrons. The highest BCUT2D eigenvalue weighted by Gasteiger charge is 2.30. The van der Waals surface area contributed by atoms with E-state index >= 15 is 0 Å². The Balaban J connectivity index is 1.49. The minimum absolute atomic E-state index is 0.0429. The van der Waals surface area contributed by atoms with Gasteiger partial charge in [-0.25, -0.2) is 0 Å². The summed E-state index contributed by atoms with van der Waals surface area (Å²) in [6, 6.07) is 23.0. The average molecular weight is 430 g/mol. The molecule has 0 unspecified atom stereocenters. The van der Waals surface area contributed by atoms with E-state index in [9.17, 15) is 14.4 Å². The van der Waals surface area contributed by atoms with Crippen molar-refractivity contribution in [2.75, 3.05) is 28.6 Å². The molecule has 0 saturated heterocycles. The number of benzene rings is 3. The maximum atomic E-state index is 12.9. The average Bonchev–Trinajstić information content (AvgIpc) is 2.80. The fourth-order valence-corrected chi connectivity index (χ4v) is 3.48. The lowest BCUT2D eigenvalue weighted by Crippen LogP contribution is -2.49. The topological polar surface area (TPSA) is 114 Å². The minimum Gasteiger partial charge on any atom is -0.477 e. The van der Waals surface area contributed by atoms with E-state index in [1.807, 2.05) is 24.3 Å². The Labute approximate surface area is 185 Å². The van der Waals surface area contributed by atoms with Crippen LogP contribution in [0.5, 0.6) is 5.75 Å². The van der Waals surface area contributed by atoms with Crippen molar-refractivity contribution in [3.05, 3.63) is 84.4 Å². The van der Waals surface area contributed by atoms with E-state index in [2.05, 4.69) is 10.6 Å². The van der Waals surface area contributed by atoms with E-state index in [-0.39, 0.29) is 24.9 Å². The third-order valence-electron chi connectivity index (χ3n) is 4.99. The van der Waals surface area contributed by atoms with Crippen LogP contribution in [-0.2, 0) is 9.59 Å². The molecule has 1 heterocycles. The Morgan fingerprint density at radius 2 is 1.59 bits per heavy atom. The van der Waals surface area contributed by atoms with E-state index in [0.717, 1.165) is 0 Å². The molecule has 3 aromatic carbocycles. The zero-order chi connectivity index (χ0) is 22.5. The molecule has 0 spiro atoms. The number of nitrogens with one attached hydrogen (secondary N) is 2. The Bertz CT molecular complexity index is 1150. The maximum absolute atomic E-state index is 12.9. The smallest absolute Gasteiger partial charge is 0.260 e. The summed E-state index contributed by atoms with van der Waals surface area (Å²) < 4.78 is 5.63. The lowest BCUT2D eigenvalue weighted by Gasteiger charge is -2.34. The van der Waals surface area contributed by atoms with Crippen LogP contribution in [0.1, 0.15) is 10.4 Å². The first-order valence-corrected chi connectivity index (χ1v) is 10.1. The van der Waals surface area contributed by atoms with Gasteiger partial charge in [-0.2, -0.15) is 0 Å². The van der Waals surface area contributed by atoms with Gasteiger partial charge in [-0.05, 0) is 36.4 Å². The van der Waals surface area contributed by atoms with Crippen molar-refractivity contribution in [1.29, 1.82) is 0 Å². The lowest BCUT2D eigenvalue weighted by molar-refractivity contribution is -0.125. The minimum atomic E-state index is -0.860. The van der Waals surface area contributed by atoms with Gasteiger partial charge in [0.1, 0.15) is 5.75 Å². The third-order valence-corrected chi connectivity index (χ3v) is 4.99. The van der Waals surface area contributed by atoms with Gasteiger partial charge in [0, 0.05) is 5.69 Å². The number of ether oxygens (including phenoxy) is 1. The van der Waals surface area contributed by atoms with Gasteiger partial charge in [0.05, 0.1) is 30.0 Å². The zero-order valence-electron chi connectivity index (χ0n) is 17.2. The van der Waals surface area contributed by atoms with E-state index in [1.54, 1.807) is 59.5 Å². The molecule has 4 rings (SSSR count). The number of anilines is 3. The molecule has 1 aliphatic rings. The Morgan fingerprint density at radius 1 is 0.906 bits per heavy atom. The van der Waals surface area contributed by atoms with Crippen molar-refractivity contribution < 1.29 is 19.1 Å². The lowest BCUT2D eigenvalue weighted by atomic mass is 10.1. The van der Waals surface area contributed by atoms with Crippen molar-refractivity contribution in [2.45, 2.75) is 6.10 Å². The van der Waals surface area contributed by atoms with E-state index in [0.29, 0.717) is 28.4 Å². The number of carbonyl (C=O) groups is 3. The van der Waals surface area contributed by atoms with Gasteiger partial charge in [0.15, 0.2) is 6.10 Å². The Morgan fingerprint density at radius 3 is 2.38 bits per heavy atom. The normalized spacial score (nSPS) is 14.6. The number of nitrogens with two attached hydrogens (primary N) is 1. The van der Waals surface area contributed by atoms with Gasteiger partial charge in [-0.3, -0.25) is 14.4 Å². The highest BCUT2D eigenvalue weighted by atomic mass is 16.5. The molecule has 3 aromatic rings. The van der Waals surface area contributed by atoms with Crippen LogP contribution in [0, 0.1) is 0 Å². The molecule has 4 N–H and O–H groups in total. The SMILES string of the molecule is NC(=O)[C@@H]1CN(CC(=O)Nc2ccccc2C(=O)Nc2ccccc2)c2ccccc2O1. The van der Waals surface area contributed by atoms with Crippen molar-refractivity contribution >= 4 is 34.8 Å². The van der Waals surface area contributed by atoms with E-state index in [4.69, 9.17) is 10.5 Å². The predicted octanol–water partition coefficient (Wildman–Crippen LogP) is 2.63. The summed E-state index contributed by atoms with van der Waals surface area (Å²) in [6.45, 7) is 0.106. The van der Waals surface area contributed by atoms with Crippen molar-refractivity contribution in [3.63, 3.8) is 0 Å². The number of amides is 3. The molecule has 0 aromatic heterocycles. The predicted molar refractivity (Wildman–Crippen MR) is 122 cm³/mol. The Kier molecular flexibility index (Phi) is 6.03. The van der Waals surface area contributed by atoms with Gasteiger partial charge in [-0.15, -0.1) is 0 Å². The second kappa shape index (κ2) is 9.22. The largest absolute Gasteiger partial charge is 0.477 e. The first-order valence-electron chi connectivity index (χ1n) is 10.1. The molecule has 162 valence electrons. The van der Waals surface area contributed by atoms with Crippen LogP contribution in [0.2, 0.25) is 0 Å². The molecule has 1 atom stereocenters. The summed E-state index contributed by atoms with van der Waals surface area (Å²) in [5, 5.41) is 5.62. The summed E-state index contributed by atoms with van der Waals surface area (Å²) >= 11 is 0. The molecule has 0 fully saturated rings. The monoisotopic (exact) mass is 430 g/mol. The third kappa shape index (κ3) is 4.70. The van der Waals surface area contributed by atoms with Crippen LogP contribution in [0.15, 0.2) is 78.9 Å². The van der Waals surface area contributed by atoms with Crippen LogP contribution >= 0.6 is 0 Å². The van der Waals surface area contributed by atoms with Crippen LogP contribution in [0.25, 0.3) is 0 Å². The zero-order valence-corrected chi connectivity index (χ0v) is 17.2. The number of para-hydroxylation sites is 4. The fourth-order valence-electron chi connectivity index (χ4n) is 3.48. The summed E-state index contributed by atoms with van der Waals surface area (Å²) in [6.07, 6.45) is -0.860. The van der Waals surface area contributed by atoms with E-state index in [1.165, 1.54) is 0 Å². The molecule has 0 bridgehead atoms. The summed E-state index contributed by atoms with van der Waals surface area (Å²) in [7, 11) is 0. The molecule has 1 aliphatic heterocycles. The Hall–Kier alpha value is -4.33. The molecule has 0 aliphatic carbocycles. The van der Waals surface area contributed by atoms with Crippen molar-refractivity contribution in [1.82, 2.24) is 0 Å². The second-order valence-electron chi connectivity index (χ2n) is 7.27. The van der Waals surface area contributed by atoms with E-state index < -0.39 is 12.0 Å². The van der Waals surface area contributed by atoms with Crippen LogP contribution in [-0.4, -0.2) is 36.9 Å². The summed E-state index contributed by atoms with van der Waals surface area (Å²) in [5.41, 5.74) is 7.49. The highest BCUT2D eigenvalue weighted by Crippen LogP contribution is 2.32. The van der Waals surface area contributed by atoms with Crippen molar-refractivity contribution in [3.8, 4) is 5.75 Å². The number of hydrogen-bond acceptors (Lipinski definition) is 5. The number of rotatable bonds is 6.